The van der Waals surface area contributed by atoms with E-state index >= 15 is 0 Å². The Balaban J connectivity index is 1.65. The number of amides is 1. The molecule has 0 bridgehead atoms. The smallest absolute Gasteiger partial charge is 0.328 e. The summed E-state index contributed by atoms with van der Waals surface area (Å²) in [7, 11) is 1.40. The molecule has 2 aromatic carbocycles. The Bertz CT molecular complexity index is 1340. The normalized spacial score (nSPS) is 12.0. The second-order valence-electron chi connectivity index (χ2n) is 7.47. The van der Waals surface area contributed by atoms with Gasteiger partial charge in [-0.3, -0.25) is 9.48 Å². The van der Waals surface area contributed by atoms with E-state index in [1.54, 1.807) is 18.3 Å². The summed E-state index contributed by atoms with van der Waals surface area (Å²) >= 11 is 0. The number of carbonyl (C=O) groups is 2. The molecule has 0 saturated heterocycles. The number of aromatic nitrogens is 3. The molecule has 0 aliphatic heterocycles. The number of carbonyl (C=O) groups excluding carboxylic acids is 1. The van der Waals surface area contributed by atoms with Crippen LogP contribution in [0.1, 0.15) is 34.2 Å². The van der Waals surface area contributed by atoms with Crippen LogP contribution in [0.25, 0.3) is 10.9 Å². The fourth-order valence-electron chi connectivity index (χ4n) is 3.51. The van der Waals surface area contributed by atoms with E-state index in [4.69, 9.17) is 4.74 Å². The summed E-state index contributed by atoms with van der Waals surface area (Å²) in [5.41, 5.74) is 0.892. The van der Waals surface area contributed by atoms with Crippen LogP contribution in [0.5, 0.6) is 5.75 Å². The summed E-state index contributed by atoms with van der Waals surface area (Å²) in [6, 6.07) is 15.2. The van der Waals surface area contributed by atoms with Crippen molar-refractivity contribution in [2.24, 2.45) is 0 Å². The lowest BCUT2D eigenvalue weighted by Gasteiger charge is -2.12. The van der Waals surface area contributed by atoms with E-state index in [0.717, 1.165) is 11.6 Å². The molecule has 1 amide bonds. The molecule has 4 rings (SSSR count). The van der Waals surface area contributed by atoms with Gasteiger partial charge in [-0.2, -0.15) is 5.10 Å². The zero-order valence-electron chi connectivity index (χ0n) is 18.0. The molecule has 2 aromatic heterocycles. The highest BCUT2D eigenvalue weighted by atomic mass is 19.3. The van der Waals surface area contributed by atoms with Gasteiger partial charge in [-0.05, 0) is 23.8 Å². The van der Waals surface area contributed by atoms with Gasteiger partial charge in [0.25, 0.3) is 12.3 Å². The van der Waals surface area contributed by atoms with Gasteiger partial charge in [0, 0.05) is 24.1 Å². The molecule has 10 heteroatoms. The number of ether oxygens (including phenoxy) is 1. The average molecular weight is 466 g/mol. The molecule has 8 nitrogen and oxygen atoms in total. The van der Waals surface area contributed by atoms with E-state index < -0.39 is 30.0 Å². The second kappa shape index (κ2) is 9.65. The van der Waals surface area contributed by atoms with Crippen molar-refractivity contribution in [3.8, 4) is 5.75 Å². The maximum absolute atomic E-state index is 12.9. The highest BCUT2D eigenvalue weighted by Gasteiger charge is 2.23. The number of carboxylic acid groups (broad SMARTS) is 1. The summed E-state index contributed by atoms with van der Waals surface area (Å²) in [6.45, 7) is 0. The van der Waals surface area contributed by atoms with Crippen LogP contribution < -0.4 is 10.1 Å². The third-order valence-electron chi connectivity index (χ3n) is 5.19. The first-order valence-electron chi connectivity index (χ1n) is 10.3. The van der Waals surface area contributed by atoms with E-state index in [9.17, 15) is 23.5 Å². The fraction of sp³-hybridized carbons (Fsp3) is 0.167. The predicted molar refractivity (Wildman–Crippen MR) is 120 cm³/mol. The second-order valence-corrected chi connectivity index (χ2v) is 7.47. The number of nitrogens with one attached hydrogen (secondary N) is 1. The zero-order chi connectivity index (χ0) is 24.2. The molecule has 4 aromatic rings. The van der Waals surface area contributed by atoms with Crippen molar-refractivity contribution < 1.29 is 28.2 Å². The zero-order valence-corrected chi connectivity index (χ0v) is 18.0. The van der Waals surface area contributed by atoms with Crippen molar-refractivity contribution in [3.63, 3.8) is 0 Å². The molecule has 2 heterocycles. The van der Waals surface area contributed by atoms with Crippen LogP contribution in [0.4, 0.5) is 14.5 Å². The number of aliphatic carboxylic acids is 1. The average Bonchev–Trinajstić information content (AvgIpc) is 3.24. The highest BCUT2D eigenvalue weighted by molar-refractivity contribution is 6.05. The molecule has 0 spiro atoms. The van der Waals surface area contributed by atoms with Gasteiger partial charge in [0.05, 0.1) is 18.3 Å². The van der Waals surface area contributed by atoms with Crippen LogP contribution in [0.15, 0.2) is 66.9 Å². The molecule has 0 radical (unpaired) electrons. The molecule has 1 atom stereocenters. The van der Waals surface area contributed by atoms with Gasteiger partial charge in [0.2, 0.25) is 0 Å². The number of methoxy groups -OCH3 is 1. The Morgan fingerprint density at radius 1 is 1.12 bits per heavy atom. The maximum Gasteiger partial charge on any atom is 0.328 e. The number of carboxylic acids is 1. The lowest BCUT2D eigenvalue weighted by atomic mass is 10.1. The number of nitrogens with zero attached hydrogens (tertiary/aromatic N) is 3. The Hall–Kier alpha value is -4.34. The number of hydrogen-bond acceptors (Lipinski definition) is 5. The predicted octanol–water partition coefficient (Wildman–Crippen LogP) is 4.50. The summed E-state index contributed by atoms with van der Waals surface area (Å²) in [4.78, 5) is 28.3. The Morgan fingerprint density at radius 2 is 1.88 bits per heavy atom. The minimum absolute atomic E-state index is 0.176. The Labute approximate surface area is 192 Å². The monoisotopic (exact) mass is 466 g/mol. The summed E-state index contributed by atoms with van der Waals surface area (Å²) in [6.07, 6.45) is -0.999. The van der Waals surface area contributed by atoms with Crippen LogP contribution in [-0.2, 0) is 11.2 Å². The van der Waals surface area contributed by atoms with Crippen molar-refractivity contribution in [2.75, 3.05) is 12.4 Å². The first kappa shape index (κ1) is 22.8. The largest absolute Gasteiger partial charge is 0.494 e. The Morgan fingerprint density at radius 3 is 2.56 bits per heavy atom. The number of benzene rings is 2. The number of hydrogen-bond donors (Lipinski definition) is 2. The van der Waals surface area contributed by atoms with Crippen LogP contribution >= 0.6 is 0 Å². The van der Waals surface area contributed by atoms with Crippen molar-refractivity contribution in [1.29, 1.82) is 0 Å². The van der Waals surface area contributed by atoms with E-state index in [1.165, 1.54) is 23.9 Å². The van der Waals surface area contributed by atoms with Gasteiger partial charge in [0.1, 0.15) is 17.1 Å². The molecule has 0 aliphatic carbocycles. The third-order valence-corrected chi connectivity index (χ3v) is 5.19. The number of rotatable bonds is 8. The summed E-state index contributed by atoms with van der Waals surface area (Å²) in [5.74, 6) is -1.46. The van der Waals surface area contributed by atoms with Crippen LogP contribution in [-0.4, -0.2) is 38.9 Å². The lowest BCUT2D eigenvalue weighted by molar-refractivity contribution is -0.141. The topological polar surface area (TPSA) is 106 Å². The van der Waals surface area contributed by atoms with Crippen LogP contribution in [0.3, 0.4) is 0 Å². The number of fused-ring (bicyclic) bond motifs is 1. The van der Waals surface area contributed by atoms with E-state index in [-0.39, 0.29) is 23.6 Å². The molecule has 0 aliphatic rings. The van der Waals surface area contributed by atoms with E-state index in [0.29, 0.717) is 10.9 Å². The highest BCUT2D eigenvalue weighted by Crippen LogP contribution is 2.31. The van der Waals surface area contributed by atoms with Gasteiger partial charge in [-0.15, -0.1) is 0 Å². The van der Waals surface area contributed by atoms with Gasteiger partial charge in [0.15, 0.2) is 6.04 Å². The first-order chi connectivity index (χ1) is 16.4. The number of pyridine rings is 1. The van der Waals surface area contributed by atoms with Crippen LogP contribution in [0, 0.1) is 0 Å². The number of halogens is 2. The lowest BCUT2D eigenvalue weighted by Crippen LogP contribution is -2.21. The maximum atomic E-state index is 12.9. The van der Waals surface area contributed by atoms with Crippen molar-refractivity contribution in [2.45, 2.75) is 18.9 Å². The first-order valence-corrected chi connectivity index (χ1v) is 10.3. The van der Waals surface area contributed by atoms with Gasteiger partial charge >= 0.3 is 5.97 Å². The number of alkyl halides is 2. The summed E-state index contributed by atoms with van der Waals surface area (Å²) < 4.78 is 32.6. The van der Waals surface area contributed by atoms with Gasteiger partial charge in [-0.1, -0.05) is 36.4 Å². The minimum atomic E-state index is -2.80. The SMILES string of the molecule is COc1cc2nn(C(Cc3ccccc3)C(=O)O)cc2cc1NC(=O)c1cccc(C(F)F)n1. The molecule has 174 valence electrons. The molecular formula is C24H20F2N4O4. The molecule has 1 unspecified atom stereocenters. The molecular weight excluding hydrogens is 446 g/mol. The summed E-state index contributed by atoms with van der Waals surface area (Å²) in [5, 5.41) is 17.3. The minimum Gasteiger partial charge on any atom is -0.494 e. The standard InChI is InChI=1S/C24H20F2N4O4/c1-34-21-12-18-15(11-19(21)28-23(31)17-9-5-8-16(27-17)22(25)26)13-30(29-18)20(24(32)33)10-14-6-3-2-4-7-14/h2-9,11-13,20,22H,10H2,1H3,(H,28,31)(H,32,33). The quantitative estimate of drug-likeness (QED) is 0.396. The van der Waals surface area contributed by atoms with Crippen molar-refractivity contribution in [1.82, 2.24) is 14.8 Å². The molecule has 0 saturated carbocycles. The van der Waals surface area contributed by atoms with Gasteiger partial charge < -0.3 is 15.2 Å². The molecule has 2 N–H and O–H groups in total. The molecule has 34 heavy (non-hydrogen) atoms. The van der Waals surface area contributed by atoms with Crippen molar-refractivity contribution >= 4 is 28.5 Å². The van der Waals surface area contributed by atoms with E-state index in [1.807, 2.05) is 30.3 Å². The van der Waals surface area contributed by atoms with Crippen LogP contribution in [0.2, 0.25) is 0 Å². The number of anilines is 1. The van der Waals surface area contributed by atoms with Gasteiger partial charge in [-0.25, -0.2) is 18.6 Å². The Kier molecular flexibility index (Phi) is 6.48. The fourth-order valence-corrected chi connectivity index (χ4v) is 3.51. The molecule has 0 fully saturated rings. The van der Waals surface area contributed by atoms with E-state index in [2.05, 4.69) is 15.4 Å². The van der Waals surface area contributed by atoms with Crippen molar-refractivity contribution in [3.05, 3.63) is 83.8 Å². The third kappa shape index (κ3) is 4.85.